The molecule has 0 saturated heterocycles. The van der Waals surface area contributed by atoms with E-state index in [4.69, 9.17) is 10.5 Å². The molecule has 6 nitrogen and oxygen atoms in total. The molecule has 1 aliphatic rings. The summed E-state index contributed by atoms with van der Waals surface area (Å²) in [6, 6.07) is 9.24. The van der Waals surface area contributed by atoms with E-state index >= 15 is 0 Å². The Morgan fingerprint density at radius 3 is 2.70 bits per heavy atom. The molecule has 0 spiro atoms. The Bertz CT molecular complexity index is 787. The minimum absolute atomic E-state index is 0.120. The highest BCUT2D eigenvalue weighted by atomic mass is 16.5. The van der Waals surface area contributed by atoms with Crippen LogP contribution in [0.5, 0.6) is 0 Å². The summed E-state index contributed by atoms with van der Waals surface area (Å²) in [7, 11) is 0. The number of fused-ring (bicyclic) bond motifs is 1. The molecule has 0 atom stereocenters. The van der Waals surface area contributed by atoms with Gasteiger partial charge in [-0.3, -0.25) is 9.69 Å². The maximum Gasteiger partial charge on any atom is 0.342 e. The van der Waals surface area contributed by atoms with Crippen LogP contribution in [0.1, 0.15) is 28.5 Å². The fourth-order valence-corrected chi connectivity index (χ4v) is 2.76. The van der Waals surface area contributed by atoms with E-state index in [0.717, 1.165) is 5.69 Å². The highest BCUT2D eigenvalue weighted by Gasteiger charge is 2.34. The van der Waals surface area contributed by atoms with Crippen LogP contribution in [-0.2, 0) is 16.0 Å². The van der Waals surface area contributed by atoms with Crippen molar-refractivity contribution in [3.63, 3.8) is 0 Å². The summed E-state index contributed by atoms with van der Waals surface area (Å²) in [4.78, 5) is 30.5. The van der Waals surface area contributed by atoms with Crippen molar-refractivity contribution in [3.05, 3.63) is 47.2 Å². The van der Waals surface area contributed by atoms with E-state index in [1.807, 2.05) is 30.3 Å². The highest BCUT2D eigenvalue weighted by Crippen LogP contribution is 2.39. The number of carbonyl (C=O) groups is 2. The summed E-state index contributed by atoms with van der Waals surface area (Å²) < 4.78 is 5.03. The zero-order valence-corrected chi connectivity index (χ0v) is 13.0. The highest BCUT2D eigenvalue weighted by molar-refractivity contribution is 6.09. The number of hydrogen-bond donors (Lipinski definition) is 1. The number of ether oxygens (including phenoxy) is 1. The number of esters is 1. The molecule has 23 heavy (non-hydrogen) atoms. The molecule has 0 bridgehead atoms. The molecule has 0 unspecified atom stereocenters. The average molecular weight is 311 g/mol. The number of nitrogens with two attached hydrogens (primary N) is 1. The second-order valence-electron chi connectivity index (χ2n) is 5.25. The van der Waals surface area contributed by atoms with Gasteiger partial charge >= 0.3 is 5.97 Å². The minimum Gasteiger partial charge on any atom is -0.462 e. The Morgan fingerprint density at radius 2 is 2.04 bits per heavy atom. The molecule has 0 aliphatic carbocycles. The molecule has 0 radical (unpaired) electrons. The number of rotatable bonds is 3. The van der Waals surface area contributed by atoms with E-state index in [2.05, 4.69) is 4.98 Å². The smallest absolute Gasteiger partial charge is 0.342 e. The largest absolute Gasteiger partial charge is 0.462 e. The number of carbonyl (C=O) groups excluding carboxylic acids is 2. The normalized spacial score (nSPS) is 13.1. The van der Waals surface area contributed by atoms with Crippen molar-refractivity contribution in [2.45, 2.75) is 20.3 Å². The lowest BCUT2D eigenvalue weighted by Gasteiger charge is -2.18. The van der Waals surface area contributed by atoms with Gasteiger partial charge in [-0.05, 0) is 26.0 Å². The number of para-hydroxylation sites is 1. The number of pyridine rings is 1. The van der Waals surface area contributed by atoms with Crippen LogP contribution < -0.4 is 10.6 Å². The summed E-state index contributed by atoms with van der Waals surface area (Å²) >= 11 is 0. The van der Waals surface area contributed by atoms with Gasteiger partial charge in [0.05, 0.1) is 30.1 Å². The minimum atomic E-state index is -0.511. The van der Waals surface area contributed by atoms with Crippen LogP contribution in [0.25, 0.3) is 0 Å². The van der Waals surface area contributed by atoms with Crippen LogP contribution in [0.3, 0.4) is 0 Å². The van der Waals surface area contributed by atoms with Crippen molar-refractivity contribution in [1.29, 1.82) is 0 Å². The van der Waals surface area contributed by atoms with Gasteiger partial charge in [0.2, 0.25) is 5.91 Å². The molecule has 1 aromatic carbocycles. The van der Waals surface area contributed by atoms with Gasteiger partial charge in [0.15, 0.2) is 0 Å². The summed E-state index contributed by atoms with van der Waals surface area (Å²) in [6.07, 6.45) is 0.121. The fourth-order valence-electron chi connectivity index (χ4n) is 2.76. The van der Waals surface area contributed by atoms with Crippen LogP contribution in [0.2, 0.25) is 0 Å². The molecule has 6 heteroatoms. The van der Waals surface area contributed by atoms with Gasteiger partial charge in [-0.15, -0.1) is 0 Å². The molecule has 1 amide bonds. The Kier molecular flexibility index (Phi) is 3.73. The van der Waals surface area contributed by atoms with Crippen LogP contribution in [0.4, 0.5) is 17.2 Å². The van der Waals surface area contributed by atoms with Gasteiger partial charge in [0, 0.05) is 5.56 Å². The van der Waals surface area contributed by atoms with E-state index in [0.29, 0.717) is 17.1 Å². The molecule has 2 aromatic rings. The Morgan fingerprint density at radius 1 is 1.35 bits per heavy atom. The van der Waals surface area contributed by atoms with Crippen LogP contribution in [0, 0.1) is 6.92 Å². The number of amides is 1. The number of anilines is 3. The van der Waals surface area contributed by atoms with Gasteiger partial charge in [-0.25, -0.2) is 9.78 Å². The molecule has 0 saturated carbocycles. The second kappa shape index (κ2) is 5.72. The van der Waals surface area contributed by atoms with Crippen LogP contribution in [-0.4, -0.2) is 23.5 Å². The van der Waals surface area contributed by atoms with Crippen molar-refractivity contribution in [3.8, 4) is 0 Å². The summed E-state index contributed by atoms with van der Waals surface area (Å²) in [5.74, 6) is -0.140. The van der Waals surface area contributed by atoms with Crippen molar-refractivity contribution >= 4 is 29.1 Å². The predicted molar refractivity (Wildman–Crippen MR) is 86.6 cm³/mol. The Hall–Kier alpha value is -2.89. The zero-order chi connectivity index (χ0) is 16.6. The second-order valence-corrected chi connectivity index (χ2v) is 5.25. The third kappa shape index (κ3) is 2.42. The van der Waals surface area contributed by atoms with Gasteiger partial charge in [-0.2, -0.15) is 0 Å². The lowest BCUT2D eigenvalue weighted by atomic mass is 10.1. The van der Waals surface area contributed by atoms with Crippen molar-refractivity contribution in [1.82, 2.24) is 4.98 Å². The third-order valence-electron chi connectivity index (χ3n) is 3.78. The quantitative estimate of drug-likeness (QED) is 0.880. The molecule has 1 aromatic heterocycles. The maximum atomic E-state index is 12.4. The van der Waals surface area contributed by atoms with Crippen LogP contribution >= 0.6 is 0 Å². The topological polar surface area (TPSA) is 85.5 Å². The SMILES string of the molecule is CCOC(=O)c1c(C)nc2c(c1N)CC(=O)N2c1ccccc1. The van der Waals surface area contributed by atoms with E-state index in [1.165, 1.54) is 4.90 Å². The van der Waals surface area contributed by atoms with Gasteiger partial charge in [-0.1, -0.05) is 18.2 Å². The van der Waals surface area contributed by atoms with E-state index < -0.39 is 5.97 Å². The zero-order valence-electron chi connectivity index (χ0n) is 13.0. The first-order valence-electron chi connectivity index (χ1n) is 7.38. The number of hydrogen-bond acceptors (Lipinski definition) is 5. The molecular formula is C17H17N3O3. The molecule has 2 heterocycles. The summed E-state index contributed by atoms with van der Waals surface area (Å²) in [6.45, 7) is 3.67. The van der Waals surface area contributed by atoms with Crippen molar-refractivity contribution < 1.29 is 14.3 Å². The number of nitrogens with zero attached hydrogens (tertiary/aromatic N) is 2. The third-order valence-corrected chi connectivity index (χ3v) is 3.78. The Labute approximate surface area is 133 Å². The first-order valence-corrected chi connectivity index (χ1v) is 7.38. The molecule has 3 rings (SSSR count). The molecule has 1 aliphatic heterocycles. The number of nitrogen functional groups attached to an aromatic ring is 1. The number of aromatic nitrogens is 1. The van der Waals surface area contributed by atoms with Crippen LogP contribution in [0.15, 0.2) is 30.3 Å². The fraction of sp³-hybridized carbons (Fsp3) is 0.235. The average Bonchev–Trinajstić information content (AvgIpc) is 2.85. The van der Waals surface area contributed by atoms with Gasteiger partial charge in [0.25, 0.3) is 0 Å². The maximum absolute atomic E-state index is 12.4. The summed E-state index contributed by atoms with van der Waals surface area (Å²) in [5.41, 5.74) is 8.43. The van der Waals surface area contributed by atoms with Gasteiger partial charge < -0.3 is 10.5 Å². The van der Waals surface area contributed by atoms with E-state index in [-0.39, 0.29) is 30.2 Å². The first kappa shape index (κ1) is 15.0. The van der Waals surface area contributed by atoms with Crippen molar-refractivity contribution in [2.75, 3.05) is 17.2 Å². The lowest BCUT2D eigenvalue weighted by Crippen LogP contribution is -2.21. The molecule has 0 fully saturated rings. The molecule has 2 N–H and O–H groups in total. The van der Waals surface area contributed by atoms with E-state index in [9.17, 15) is 9.59 Å². The molecule has 118 valence electrons. The standard InChI is InChI=1S/C17H17N3O3/c1-3-23-17(22)14-10(2)19-16-12(15(14)18)9-13(21)20(16)11-7-5-4-6-8-11/h4-8H,3,9H2,1-2H3,(H2,18,19). The predicted octanol–water partition coefficient (Wildman–Crippen LogP) is 2.37. The number of benzene rings is 1. The Balaban J connectivity index is 2.13. The molecular weight excluding hydrogens is 294 g/mol. The first-order chi connectivity index (χ1) is 11.0. The lowest BCUT2D eigenvalue weighted by molar-refractivity contribution is -0.116. The van der Waals surface area contributed by atoms with Crippen molar-refractivity contribution in [2.24, 2.45) is 0 Å². The summed E-state index contributed by atoms with van der Waals surface area (Å²) in [5, 5.41) is 0. The van der Waals surface area contributed by atoms with Gasteiger partial charge in [0.1, 0.15) is 11.4 Å². The number of aryl methyl sites for hydroxylation is 1. The van der Waals surface area contributed by atoms with E-state index in [1.54, 1.807) is 13.8 Å². The monoisotopic (exact) mass is 311 g/mol.